The fraction of sp³-hybridized carbons (Fsp3) is 0.316. The molecule has 1 aliphatic heterocycles. The van der Waals surface area contributed by atoms with Crippen LogP contribution in [0, 0.1) is 0 Å². The van der Waals surface area contributed by atoms with Crippen LogP contribution in [0.2, 0.25) is 0 Å². The number of amides is 1. The average Bonchev–Trinajstić information content (AvgIpc) is 3.00. The molecule has 0 aromatic heterocycles. The Bertz CT molecular complexity index is 657. The fourth-order valence-electron chi connectivity index (χ4n) is 2.53. The molecule has 0 bridgehead atoms. The number of ether oxygens (including phenoxy) is 3. The van der Waals surface area contributed by atoms with Gasteiger partial charge in [-0.2, -0.15) is 0 Å². The molecule has 2 aromatic carbocycles. The second-order valence-electron chi connectivity index (χ2n) is 5.54. The zero-order valence-corrected chi connectivity index (χ0v) is 13.7. The summed E-state index contributed by atoms with van der Waals surface area (Å²) in [5, 5.41) is 0. The highest BCUT2D eigenvalue weighted by Crippen LogP contribution is 2.24. The molecule has 0 aliphatic carbocycles. The molecule has 126 valence electrons. The summed E-state index contributed by atoms with van der Waals surface area (Å²) in [6.07, 6.45) is -0.552. The maximum absolute atomic E-state index is 12.0. The van der Waals surface area contributed by atoms with Gasteiger partial charge in [0.15, 0.2) is 0 Å². The van der Waals surface area contributed by atoms with E-state index in [1.54, 1.807) is 4.90 Å². The number of benzene rings is 2. The summed E-state index contributed by atoms with van der Waals surface area (Å²) >= 11 is 0. The van der Waals surface area contributed by atoms with Crippen molar-refractivity contribution in [3.63, 3.8) is 0 Å². The summed E-state index contributed by atoms with van der Waals surface area (Å²) in [5.41, 5.74) is 1.91. The molecular formula is C19H21NO4. The molecule has 24 heavy (non-hydrogen) atoms. The Hall–Kier alpha value is -2.53. The molecule has 5 nitrogen and oxygen atoms in total. The van der Waals surface area contributed by atoms with E-state index in [1.165, 1.54) is 0 Å². The van der Waals surface area contributed by atoms with Crippen LogP contribution in [0.1, 0.15) is 12.5 Å². The van der Waals surface area contributed by atoms with Gasteiger partial charge in [-0.15, -0.1) is 0 Å². The monoisotopic (exact) mass is 327 g/mol. The topological polar surface area (TPSA) is 48.0 Å². The second-order valence-corrected chi connectivity index (χ2v) is 5.54. The lowest BCUT2D eigenvalue weighted by Gasteiger charge is -2.14. The molecule has 0 saturated carbocycles. The van der Waals surface area contributed by atoms with Gasteiger partial charge in [0.25, 0.3) is 0 Å². The van der Waals surface area contributed by atoms with Gasteiger partial charge >= 0.3 is 6.09 Å². The van der Waals surface area contributed by atoms with E-state index in [9.17, 15) is 4.79 Å². The van der Waals surface area contributed by atoms with Crippen molar-refractivity contribution in [2.75, 3.05) is 24.7 Å². The molecule has 2 aromatic rings. The quantitative estimate of drug-likeness (QED) is 0.779. The first kappa shape index (κ1) is 16.3. The molecule has 0 unspecified atom stereocenters. The first-order valence-electron chi connectivity index (χ1n) is 8.09. The zero-order chi connectivity index (χ0) is 16.8. The average molecular weight is 327 g/mol. The van der Waals surface area contributed by atoms with Crippen LogP contribution in [0.5, 0.6) is 5.75 Å². The van der Waals surface area contributed by atoms with Gasteiger partial charge < -0.3 is 14.2 Å². The minimum absolute atomic E-state index is 0.216. The summed E-state index contributed by atoms with van der Waals surface area (Å²) in [7, 11) is 0. The van der Waals surface area contributed by atoms with Crippen molar-refractivity contribution in [2.45, 2.75) is 19.6 Å². The predicted octanol–water partition coefficient (Wildman–Crippen LogP) is 3.63. The second kappa shape index (κ2) is 7.84. The van der Waals surface area contributed by atoms with E-state index >= 15 is 0 Å². The third-order valence-corrected chi connectivity index (χ3v) is 3.78. The lowest BCUT2D eigenvalue weighted by atomic mass is 10.2. The van der Waals surface area contributed by atoms with Gasteiger partial charge in [0.05, 0.1) is 13.2 Å². The maximum atomic E-state index is 12.0. The molecule has 1 amide bonds. The van der Waals surface area contributed by atoms with Crippen LogP contribution in [0.3, 0.4) is 0 Å². The van der Waals surface area contributed by atoms with Gasteiger partial charge in [0.2, 0.25) is 0 Å². The Balaban J connectivity index is 1.57. The number of hydrogen-bond donors (Lipinski definition) is 0. The van der Waals surface area contributed by atoms with E-state index in [4.69, 9.17) is 14.2 Å². The summed E-state index contributed by atoms with van der Waals surface area (Å²) in [5.74, 6) is 0.765. The summed E-state index contributed by atoms with van der Waals surface area (Å²) in [4.78, 5) is 13.6. The highest BCUT2D eigenvalue weighted by molar-refractivity contribution is 5.89. The van der Waals surface area contributed by atoms with Gasteiger partial charge in [-0.25, -0.2) is 4.79 Å². The van der Waals surface area contributed by atoms with E-state index in [2.05, 4.69) is 0 Å². The fourth-order valence-corrected chi connectivity index (χ4v) is 2.53. The Morgan fingerprint density at radius 3 is 2.58 bits per heavy atom. The molecular weight excluding hydrogens is 306 g/mol. The number of nitrogens with zero attached hydrogens (tertiary/aromatic N) is 1. The van der Waals surface area contributed by atoms with E-state index in [1.807, 2.05) is 61.5 Å². The molecule has 1 aliphatic rings. The zero-order valence-electron chi connectivity index (χ0n) is 13.7. The third-order valence-electron chi connectivity index (χ3n) is 3.78. The van der Waals surface area contributed by atoms with Crippen molar-refractivity contribution in [1.82, 2.24) is 0 Å². The smallest absolute Gasteiger partial charge is 0.414 e. The largest absolute Gasteiger partial charge is 0.489 e. The molecule has 1 saturated heterocycles. The molecule has 0 radical (unpaired) electrons. The van der Waals surface area contributed by atoms with Crippen molar-refractivity contribution in [3.05, 3.63) is 60.2 Å². The lowest BCUT2D eigenvalue weighted by Crippen LogP contribution is -2.25. The standard InChI is InChI=1S/C19H21NO4/c1-2-22-14-18-12-20(19(21)24-18)16-8-10-17(11-9-16)23-13-15-6-4-3-5-7-15/h3-11,18H,2,12-14H2,1H3/t18-/m1/s1. The molecule has 1 fully saturated rings. The summed E-state index contributed by atoms with van der Waals surface area (Å²) < 4.78 is 16.4. The SMILES string of the molecule is CCOC[C@H]1CN(c2ccc(OCc3ccccc3)cc2)C(=O)O1. The highest BCUT2D eigenvalue weighted by Gasteiger charge is 2.32. The van der Waals surface area contributed by atoms with Crippen molar-refractivity contribution in [1.29, 1.82) is 0 Å². The minimum Gasteiger partial charge on any atom is -0.489 e. The van der Waals surface area contributed by atoms with Crippen LogP contribution in [0.15, 0.2) is 54.6 Å². The molecule has 0 N–H and O–H groups in total. The normalized spacial score (nSPS) is 17.0. The van der Waals surface area contributed by atoms with Crippen LogP contribution in [0.25, 0.3) is 0 Å². The number of anilines is 1. The molecule has 1 heterocycles. The Kier molecular flexibility index (Phi) is 5.33. The first-order chi connectivity index (χ1) is 11.8. The van der Waals surface area contributed by atoms with E-state index in [0.717, 1.165) is 17.0 Å². The van der Waals surface area contributed by atoms with Gasteiger partial charge in [-0.05, 0) is 36.8 Å². The first-order valence-corrected chi connectivity index (χ1v) is 8.09. The van der Waals surface area contributed by atoms with Crippen LogP contribution >= 0.6 is 0 Å². The van der Waals surface area contributed by atoms with Gasteiger partial charge in [0, 0.05) is 12.3 Å². The van der Waals surface area contributed by atoms with Gasteiger partial charge in [-0.3, -0.25) is 4.90 Å². The van der Waals surface area contributed by atoms with Crippen LogP contribution in [-0.4, -0.2) is 32.0 Å². The van der Waals surface area contributed by atoms with Gasteiger partial charge in [-0.1, -0.05) is 30.3 Å². The number of rotatable bonds is 7. The highest BCUT2D eigenvalue weighted by atomic mass is 16.6. The summed E-state index contributed by atoms with van der Waals surface area (Å²) in [6, 6.07) is 17.4. The van der Waals surface area contributed by atoms with Crippen molar-refractivity contribution in [2.24, 2.45) is 0 Å². The molecule has 1 atom stereocenters. The van der Waals surface area contributed by atoms with Gasteiger partial charge in [0.1, 0.15) is 18.5 Å². The van der Waals surface area contributed by atoms with E-state index in [0.29, 0.717) is 26.4 Å². The van der Waals surface area contributed by atoms with E-state index < -0.39 is 0 Å². The number of cyclic esters (lactones) is 1. The van der Waals surface area contributed by atoms with E-state index in [-0.39, 0.29) is 12.2 Å². The minimum atomic E-state index is -0.336. The number of hydrogen-bond acceptors (Lipinski definition) is 4. The number of carbonyl (C=O) groups is 1. The van der Waals surface area contributed by atoms with Crippen molar-refractivity contribution >= 4 is 11.8 Å². The molecule has 0 spiro atoms. The van der Waals surface area contributed by atoms with Crippen LogP contribution in [0.4, 0.5) is 10.5 Å². The Labute approximate surface area is 141 Å². The van der Waals surface area contributed by atoms with Crippen molar-refractivity contribution < 1.29 is 19.0 Å². The maximum Gasteiger partial charge on any atom is 0.414 e. The molecule has 3 rings (SSSR count). The predicted molar refractivity (Wildman–Crippen MR) is 91.3 cm³/mol. The number of carbonyl (C=O) groups excluding carboxylic acids is 1. The van der Waals surface area contributed by atoms with Crippen LogP contribution in [-0.2, 0) is 16.1 Å². The van der Waals surface area contributed by atoms with Crippen molar-refractivity contribution in [3.8, 4) is 5.75 Å². The lowest BCUT2D eigenvalue weighted by molar-refractivity contribution is 0.0516. The Morgan fingerprint density at radius 1 is 1.12 bits per heavy atom. The summed E-state index contributed by atoms with van der Waals surface area (Å²) in [6.45, 7) is 3.98. The molecule has 5 heteroatoms. The Morgan fingerprint density at radius 2 is 1.88 bits per heavy atom. The van der Waals surface area contributed by atoms with Crippen LogP contribution < -0.4 is 9.64 Å². The third kappa shape index (κ3) is 4.06.